The lowest BCUT2D eigenvalue weighted by atomic mass is 9.84. The smallest absolute Gasteiger partial charge is 0.227 e. The van der Waals surface area contributed by atoms with E-state index in [1.165, 1.54) is 0 Å². The van der Waals surface area contributed by atoms with Crippen molar-refractivity contribution in [2.75, 3.05) is 23.3 Å². The molecule has 1 saturated heterocycles. The number of hydrogen-bond acceptors (Lipinski definition) is 5. The van der Waals surface area contributed by atoms with Crippen LogP contribution in [-0.4, -0.2) is 43.8 Å². The van der Waals surface area contributed by atoms with Gasteiger partial charge in [0.15, 0.2) is 0 Å². The average molecular weight is 534 g/mol. The highest BCUT2D eigenvalue weighted by Crippen LogP contribution is 2.35. The molecule has 1 heterocycles. The monoisotopic (exact) mass is 533 g/mol. The zero-order valence-corrected chi connectivity index (χ0v) is 22.5. The molecule has 0 aromatic heterocycles. The third kappa shape index (κ3) is 6.40. The molecular weight excluding hydrogens is 498 g/mol. The van der Waals surface area contributed by atoms with Gasteiger partial charge in [-0.05, 0) is 94.3 Å². The van der Waals surface area contributed by atoms with Crippen LogP contribution in [0.25, 0.3) is 0 Å². The first-order chi connectivity index (χ1) is 17.1. The zero-order chi connectivity index (χ0) is 25.9. The van der Waals surface area contributed by atoms with Gasteiger partial charge >= 0.3 is 0 Å². The van der Waals surface area contributed by atoms with Gasteiger partial charge in [-0.2, -0.15) is 0 Å². The largest absolute Gasteiger partial charge is 0.385 e. The third-order valence-electron chi connectivity index (χ3n) is 7.52. The van der Waals surface area contributed by atoms with Crippen molar-refractivity contribution in [2.24, 2.45) is 5.92 Å². The van der Waals surface area contributed by atoms with E-state index in [-0.39, 0.29) is 17.9 Å². The second-order valence-corrected chi connectivity index (χ2v) is 13.0. The van der Waals surface area contributed by atoms with Crippen molar-refractivity contribution in [2.45, 2.75) is 69.3 Å². The first-order valence-corrected chi connectivity index (χ1v) is 14.6. The molecule has 0 unspecified atom stereocenters. The lowest BCUT2D eigenvalue weighted by Gasteiger charge is -2.39. The first kappa shape index (κ1) is 26.9. The fourth-order valence-electron chi connectivity index (χ4n) is 5.03. The number of sulfonamides is 1. The molecule has 0 atom stereocenters. The summed E-state index contributed by atoms with van der Waals surface area (Å²) in [7, 11) is -3.29. The minimum atomic E-state index is -3.29. The maximum absolute atomic E-state index is 12.8. The molecule has 2 aromatic rings. The summed E-state index contributed by atoms with van der Waals surface area (Å²) in [5, 5.41) is 14.3. The standard InChI is InChI=1S/C27H36ClN3O4S/c1-19(2)36(34,35)30-24-9-3-20(4-10-24)26(32)29-23-11-13-25(14-12-23)31-17-15-27(33,16-18-31)21-5-7-22(28)8-6-21/h5-8,11-14,19-20,24,30,33H,3-4,9-10,15-18H2,1-2H3,(H,29,32)/t20-,24-. The number of amides is 1. The Morgan fingerprint density at radius 1 is 1.00 bits per heavy atom. The van der Waals surface area contributed by atoms with E-state index in [2.05, 4.69) is 14.9 Å². The number of aliphatic hydroxyl groups is 1. The van der Waals surface area contributed by atoms with E-state index in [4.69, 9.17) is 11.6 Å². The van der Waals surface area contributed by atoms with E-state index in [1.54, 1.807) is 13.8 Å². The maximum atomic E-state index is 12.8. The Hall–Kier alpha value is -2.13. The van der Waals surface area contributed by atoms with E-state index >= 15 is 0 Å². The van der Waals surface area contributed by atoms with Crippen molar-refractivity contribution >= 4 is 38.9 Å². The van der Waals surface area contributed by atoms with Crippen molar-refractivity contribution < 1.29 is 18.3 Å². The van der Waals surface area contributed by atoms with Gasteiger partial charge in [0.25, 0.3) is 0 Å². The number of benzene rings is 2. The summed E-state index contributed by atoms with van der Waals surface area (Å²) >= 11 is 5.98. The van der Waals surface area contributed by atoms with E-state index in [1.807, 2.05) is 48.5 Å². The molecule has 1 aliphatic carbocycles. The summed E-state index contributed by atoms with van der Waals surface area (Å²) in [4.78, 5) is 15.0. The molecule has 1 amide bonds. The number of hydrogen-bond donors (Lipinski definition) is 3. The Morgan fingerprint density at radius 2 is 1.58 bits per heavy atom. The van der Waals surface area contributed by atoms with Gasteiger partial charge in [0.1, 0.15) is 0 Å². The third-order valence-corrected chi connectivity index (χ3v) is 9.68. The van der Waals surface area contributed by atoms with Crippen molar-refractivity contribution in [1.82, 2.24) is 4.72 Å². The lowest BCUT2D eigenvalue weighted by molar-refractivity contribution is -0.120. The molecular formula is C27H36ClN3O4S. The van der Waals surface area contributed by atoms with Crippen LogP contribution >= 0.6 is 11.6 Å². The maximum Gasteiger partial charge on any atom is 0.227 e. The summed E-state index contributed by atoms with van der Waals surface area (Å²) in [6.45, 7) is 4.79. The molecule has 2 fully saturated rings. The number of piperidine rings is 1. The minimum absolute atomic E-state index is 0.0149. The molecule has 0 spiro atoms. The molecule has 0 bridgehead atoms. The van der Waals surface area contributed by atoms with Crippen LogP contribution in [0.1, 0.15) is 57.9 Å². The highest BCUT2D eigenvalue weighted by atomic mass is 35.5. The fraction of sp³-hybridized carbons (Fsp3) is 0.519. The lowest BCUT2D eigenvalue weighted by Crippen LogP contribution is -2.42. The number of nitrogens with one attached hydrogen (secondary N) is 2. The zero-order valence-electron chi connectivity index (χ0n) is 20.9. The summed E-state index contributed by atoms with van der Waals surface area (Å²) < 4.78 is 27.0. The molecule has 9 heteroatoms. The van der Waals surface area contributed by atoms with E-state index < -0.39 is 20.9 Å². The molecule has 2 aromatic carbocycles. The second kappa shape index (κ2) is 11.1. The molecule has 1 aliphatic heterocycles. The molecule has 3 N–H and O–H groups in total. The Balaban J connectivity index is 1.26. The van der Waals surface area contributed by atoms with Crippen LogP contribution in [0.4, 0.5) is 11.4 Å². The predicted octanol–water partition coefficient (Wildman–Crippen LogP) is 4.65. The van der Waals surface area contributed by atoms with Crippen LogP contribution < -0.4 is 14.9 Å². The van der Waals surface area contributed by atoms with Gasteiger partial charge in [0, 0.05) is 41.4 Å². The predicted molar refractivity (Wildman–Crippen MR) is 145 cm³/mol. The van der Waals surface area contributed by atoms with Crippen molar-refractivity contribution in [1.29, 1.82) is 0 Å². The van der Waals surface area contributed by atoms with Gasteiger partial charge in [-0.3, -0.25) is 4.79 Å². The van der Waals surface area contributed by atoms with Crippen molar-refractivity contribution in [3.8, 4) is 0 Å². The summed E-state index contributed by atoms with van der Waals surface area (Å²) in [6.07, 6.45) is 3.92. The number of carbonyl (C=O) groups excluding carboxylic acids is 1. The van der Waals surface area contributed by atoms with Crippen LogP contribution in [0.15, 0.2) is 48.5 Å². The summed E-state index contributed by atoms with van der Waals surface area (Å²) in [6, 6.07) is 15.1. The number of carbonyl (C=O) groups is 1. The Bertz CT molecular complexity index is 1140. The molecule has 7 nitrogen and oxygen atoms in total. The van der Waals surface area contributed by atoms with Gasteiger partial charge < -0.3 is 15.3 Å². The van der Waals surface area contributed by atoms with E-state index in [9.17, 15) is 18.3 Å². The fourth-order valence-corrected chi connectivity index (χ4v) is 6.12. The summed E-state index contributed by atoms with van der Waals surface area (Å²) in [5.41, 5.74) is 1.86. The van der Waals surface area contributed by atoms with Gasteiger partial charge in [-0.15, -0.1) is 0 Å². The molecule has 2 aliphatic rings. The van der Waals surface area contributed by atoms with Gasteiger partial charge in [-0.1, -0.05) is 23.7 Å². The number of halogens is 1. The van der Waals surface area contributed by atoms with Gasteiger partial charge in [0.2, 0.25) is 15.9 Å². The number of nitrogens with zero attached hydrogens (tertiary/aromatic N) is 1. The van der Waals surface area contributed by atoms with E-state index in [0.717, 1.165) is 30.0 Å². The van der Waals surface area contributed by atoms with Gasteiger partial charge in [0.05, 0.1) is 10.9 Å². The quantitative estimate of drug-likeness (QED) is 0.481. The molecule has 1 saturated carbocycles. The SMILES string of the molecule is CC(C)S(=O)(=O)N[C@H]1CC[C@H](C(=O)Nc2ccc(N3CCC(O)(c4ccc(Cl)cc4)CC3)cc2)CC1. The average Bonchev–Trinajstić information content (AvgIpc) is 2.85. The first-order valence-electron chi connectivity index (χ1n) is 12.7. The highest BCUT2D eigenvalue weighted by Gasteiger charge is 2.34. The molecule has 36 heavy (non-hydrogen) atoms. The summed E-state index contributed by atoms with van der Waals surface area (Å²) in [5.74, 6) is -0.129. The molecule has 196 valence electrons. The van der Waals surface area contributed by atoms with E-state index in [0.29, 0.717) is 43.5 Å². The van der Waals surface area contributed by atoms with Crippen LogP contribution in [0.5, 0.6) is 0 Å². The van der Waals surface area contributed by atoms with Crippen molar-refractivity contribution in [3.05, 3.63) is 59.1 Å². The topological polar surface area (TPSA) is 98.7 Å². The number of rotatable bonds is 7. The molecule has 0 radical (unpaired) electrons. The Morgan fingerprint density at radius 3 is 2.14 bits per heavy atom. The normalized spacial score (nSPS) is 22.4. The van der Waals surface area contributed by atoms with Crippen LogP contribution in [0, 0.1) is 5.92 Å². The minimum Gasteiger partial charge on any atom is -0.385 e. The number of anilines is 2. The molecule has 4 rings (SSSR count). The van der Waals surface area contributed by atoms with Crippen LogP contribution in [-0.2, 0) is 20.4 Å². The van der Waals surface area contributed by atoms with Crippen LogP contribution in [0.2, 0.25) is 5.02 Å². The Kier molecular flexibility index (Phi) is 8.29. The van der Waals surface area contributed by atoms with Crippen LogP contribution in [0.3, 0.4) is 0 Å². The van der Waals surface area contributed by atoms with Gasteiger partial charge in [-0.25, -0.2) is 13.1 Å². The highest BCUT2D eigenvalue weighted by molar-refractivity contribution is 7.90. The second-order valence-electron chi connectivity index (χ2n) is 10.3. The Labute approximate surface area is 219 Å². The van der Waals surface area contributed by atoms with Crippen molar-refractivity contribution in [3.63, 3.8) is 0 Å².